The van der Waals surface area contributed by atoms with Gasteiger partial charge in [-0.15, -0.1) is 0 Å². The third kappa shape index (κ3) is 8.88. The molecule has 0 spiro atoms. The first-order valence-corrected chi connectivity index (χ1v) is 11.0. The normalized spacial score (nSPS) is 14.4. The van der Waals surface area contributed by atoms with Crippen LogP contribution < -0.4 is 9.47 Å². The molecule has 0 amide bonds. The van der Waals surface area contributed by atoms with E-state index < -0.39 is 0 Å². The number of hydrogen-bond donors (Lipinski definition) is 0. The molecule has 4 nitrogen and oxygen atoms in total. The molecule has 2 aliphatic heterocycles. The fraction of sp³-hybridized carbons (Fsp3) is 0.520. The molecule has 162 valence electrons. The summed E-state index contributed by atoms with van der Waals surface area (Å²) in [5.41, 5.74) is 4.03. The van der Waals surface area contributed by atoms with Gasteiger partial charge in [-0.1, -0.05) is 65.0 Å². The summed E-state index contributed by atoms with van der Waals surface area (Å²) in [6.45, 7) is 17.5. The number of fused-ring (bicyclic) bond motifs is 1. The molecule has 2 aromatic rings. The van der Waals surface area contributed by atoms with Crippen LogP contribution in [-0.4, -0.2) is 38.0 Å². The van der Waals surface area contributed by atoms with Crippen molar-refractivity contribution in [3.8, 4) is 11.5 Å². The molecule has 4 heteroatoms. The lowest BCUT2D eigenvalue weighted by Gasteiger charge is -2.26. The van der Waals surface area contributed by atoms with E-state index in [4.69, 9.17) is 14.2 Å². The van der Waals surface area contributed by atoms with E-state index in [0.717, 1.165) is 50.8 Å². The highest BCUT2D eigenvalue weighted by molar-refractivity contribution is 5.43. The summed E-state index contributed by atoms with van der Waals surface area (Å²) in [6, 6.07) is 14.9. The number of benzene rings is 2. The summed E-state index contributed by atoms with van der Waals surface area (Å²) in [6.07, 6.45) is 1.12. The molecule has 0 bridgehead atoms. The monoisotopic (exact) mass is 401 g/mol. The van der Waals surface area contributed by atoms with Crippen LogP contribution >= 0.6 is 0 Å². The van der Waals surface area contributed by atoms with E-state index in [1.54, 1.807) is 0 Å². The van der Waals surface area contributed by atoms with E-state index in [0.29, 0.717) is 6.79 Å². The number of rotatable bonds is 3. The summed E-state index contributed by atoms with van der Waals surface area (Å²) in [5, 5.41) is 0. The maximum Gasteiger partial charge on any atom is 0.231 e. The van der Waals surface area contributed by atoms with Crippen molar-refractivity contribution in [2.75, 3.05) is 33.1 Å². The largest absolute Gasteiger partial charge is 0.454 e. The van der Waals surface area contributed by atoms with Crippen molar-refractivity contribution in [3.05, 3.63) is 59.2 Å². The molecule has 1 fully saturated rings. The van der Waals surface area contributed by atoms with E-state index >= 15 is 0 Å². The second-order valence-electron chi connectivity index (χ2n) is 6.42. The van der Waals surface area contributed by atoms with Crippen molar-refractivity contribution in [2.45, 2.75) is 54.5 Å². The molecule has 4 rings (SSSR count). The van der Waals surface area contributed by atoms with Crippen LogP contribution in [0.15, 0.2) is 42.5 Å². The van der Waals surface area contributed by atoms with Gasteiger partial charge < -0.3 is 14.2 Å². The van der Waals surface area contributed by atoms with Gasteiger partial charge >= 0.3 is 0 Å². The zero-order chi connectivity index (χ0) is 21.5. The molecule has 0 saturated carbocycles. The van der Waals surface area contributed by atoms with Crippen molar-refractivity contribution in [1.82, 2.24) is 4.90 Å². The molecule has 0 aliphatic carbocycles. The summed E-state index contributed by atoms with van der Waals surface area (Å²) in [5.74, 6) is 1.71. The molecule has 0 atom stereocenters. The second-order valence-corrected chi connectivity index (χ2v) is 6.42. The SMILES string of the molecule is CC.CC.CCc1ccc(CN2CCOCC2)cc1.Cc1ccc2c(c1)OCO2. The first kappa shape index (κ1) is 25.0. The minimum Gasteiger partial charge on any atom is -0.454 e. The Morgan fingerprint density at radius 3 is 2.00 bits per heavy atom. The molecule has 1 saturated heterocycles. The summed E-state index contributed by atoms with van der Waals surface area (Å²) in [4.78, 5) is 2.45. The fourth-order valence-corrected chi connectivity index (χ4v) is 2.90. The topological polar surface area (TPSA) is 30.9 Å². The van der Waals surface area contributed by atoms with Gasteiger partial charge in [0.25, 0.3) is 0 Å². The zero-order valence-electron chi connectivity index (χ0n) is 19.2. The van der Waals surface area contributed by atoms with Crippen LogP contribution in [0.4, 0.5) is 0 Å². The molecule has 0 unspecified atom stereocenters. The Kier molecular flexibility index (Phi) is 12.8. The lowest BCUT2D eigenvalue weighted by Crippen LogP contribution is -2.35. The average molecular weight is 402 g/mol. The molecule has 0 aromatic heterocycles. The van der Waals surface area contributed by atoms with Gasteiger partial charge in [-0.05, 0) is 42.2 Å². The Balaban J connectivity index is 0.000000260. The minimum atomic E-state index is 0.360. The van der Waals surface area contributed by atoms with Gasteiger partial charge in [-0.25, -0.2) is 0 Å². The number of morpholine rings is 1. The van der Waals surface area contributed by atoms with Crippen molar-refractivity contribution in [3.63, 3.8) is 0 Å². The van der Waals surface area contributed by atoms with Crippen LogP contribution in [-0.2, 0) is 17.7 Å². The van der Waals surface area contributed by atoms with Gasteiger partial charge in [0.15, 0.2) is 11.5 Å². The Hall–Kier alpha value is -2.04. The smallest absolute Gasteiger partial charge is 0.231 e. The van der Waals surface area contributed by atoms with Crippen molar-refractivity contribution < 1.29 is 14.2 Å². The van der Waals surface area contributed by atoms with Gasteiger partial charge in [-0.2, -0.15) is 0 Å². The van der Waals surface area contributed by atoms with Crippen LogP contribution in [0.1, 0.15) is 51.3 Å². The molecular weight excluding hydrogens is 362 g/mol. The first-order chi connectivity index (χ1) is 14.2. The van der Waals surface area contributed by atoms with Crippen molar-refractivity contribution >= 4 is 0 Å². The number of aryl methyl sites for hydroxylation is 2. The van der Waals surface area contributed by atoms with E-state index in [-0.39, 0.29) is 0 Å². The highest BCUT2D eigenvalue weighted by Gasteiger charge is 2.11. The van der Waals surface area contributed by atoms with Crippen LogP contribution in [0.2, 0.25) is 0 Å². The van der Waals surface area contributed by atoms with Crippen LogP contribution in [0, 0.1) is 6.92 Å². The van der Waals surface area contributed by atoms with Gasteiger partial charge in [-0.3, -0.25) is 4.90 Å². The molecule has 29 heavy (non-hydrogen) atoms. The standard InChI is InChI=1S/C13H19NO.C8H8O2.2C2H6/c1-2-12-3-5-13(6-4-12)11-14-7-9-15-10-8-14;1-6-2-3-7-8(4-6)10-5-9-7;2*1-2/h3-6H,2,7-11H2,1H3;2-4H,5H2,1H3;2*1-2H3. The van der Waals surface area contributed by atoms with E-state index in [2.05, 4.69) is 36.1 Å². The molecule has 2 heterocycles. The highest BCUT2D eigenvalue weighted by Crippen LogP contribution is 2.31. The number of ether oxygens (including phenoxy) is 3. The molecule has 2 aliphatic rings. The van der Waals surface area contributed by atoms with Crippen LogP contribution in [0.25, 0.3) is 0 Å². The molecule has 0 radical (unpaired) electrons. The van der Waals surface area contributed by atoms with Crippen molar-refractivity contribution in [2.24, 2.45) is 0 Å². The van der Waals surface area contributed by atoms with Gasteiger partial charge in [0, 0.05) is 19.6 Å². The molecular formula is C25H39NO3. The molecule has 2 aromatic carbocycles. The minimum absolute atomic E-state index is 0.360. The Morgan fingerprint density at radius 2 is 1.38 bits per heavy atom. The van der Waals surface area contributed by atoms with Gasteiger partial charge in [0.05, 0.1) is 13.2 Å². The highest BCUT2D eigenvalue weighted by atomic mass is 16.7. The summed E-state index contributed by atoms with van der Waals surface area (Å²) in [7, 11) is 0. The Morgan fingerprint density at radius 1 is 0.793 bits per heavy atom. The second kappa shape index (κ2) is 14.9. The van der Waals surface area contributed by atoms with Gasteiger partial charge in [0.2, 0.25) is 6.79 Å². The average Bonchev–Trinajstić information content (AvgIpc) is 3.26. The first-order valence-electron chi connectivity index (χ1n) is 11.0. The van der Waals surface area contributed by atoms with Crippen LogP contribution in [0.3, 0.4) is 0 Å². The van der Waals surface area contributed by atoms with E-state index in [9.17, 15) is 0 Å². The predicted octanol–water partition coefficient (Wildman–Crippen LogP) is 5.86. The lowest BCUT2D eigenvalue weighted by atomic mass is 10.1. The quantitative estimate of drug-likeness (QED) is 0.645. The third-order valence-corrected chi connectivity index (χ3v) is 4.47. The fourth-order valence-electron chi connectivity index (χ4n) is 2.90. The Labute approximate surface area is 177 Å². The summed E-state index contributed by atoms with van der Waals surface area (Å²) >= 11 is 0. The third-order valence-electron chi connectivity index (χ3n) is 4.47. The van der Waals surface area contributed by atoms with Gasteiger partial charge in [0.1, 0.15) is 0 Å². The predicted molar refractivity (Wildman–Crippen MR) is 122 cm³/mol. The van der Waals surface area contributed by atoms with E-state index in [1.165, 1.54) is 16.7 Å². The maximum atomic E-state index is 5.33. The van der Waals surface area contributed by atoms with Crippen LogP contribution in [0.5, 0.6) is 11.5 Å². The number of hydrogen-bond acceptors (Lipinski definition) is 4. The summed E-state index contributed by atoms with van der Waals surface area (Å²) < 4.78 is 15.6. The Bertz CT molecular complexity index is 664. The zero-order valence-corrected chi connectivity index (χ0v) is 19.2. The molecule has 0 N–H and O–H groups in total. The van der Waals surface area contributed by atoms with Crippen molar-refractivity contribution in [1.29, 1.82) is 0 Å². The van der Waals surface area contributed by atoms with E-state index in [1.807, 2.05) is 52.8 Å². The maximum absolute atomic E-state index is 5.33. The number of nitrogens with zero attached hydrogens (tertiary/aromatic N) is 1. The lowest BCUT2D eigenvalue weighted by molar-refractivity contribution is 0.0342.